The molecule has 8 heteroatoms. The van der Waals surface area contributed by atoms with Gasteiger partial charge in [-0.05, 0) is 37.8 Å². The van der Waals surface area contributed by atoms with Crippen molar-refractivity contribution < 1.29 is 23.9 Å². The summed E-state index contributed by atoms with van der Waals surface area (Å²) in [6.07, 6.45) is 5.14. The molecule has 1 aliphatic carbocycles. The Hall–Kier alpha value is -2.77. The fraction of sp³-hybridized carbons (Fsp3) is 0.591. The van der Waals surface area contributed by atoms with Gasteiger partial charge in [0, 0.05) is 31.1 Å². The summed E-state index contributed by atoms with van der Waals surface area (Å²) in [7, 11) is 3.21. The normalized spacial score (nSPS) is 22.7. The van der Waals surface area contributed by atoms with E-state index in [-0.39, 0.29) is 36.9 Å². The van der Waals surface area contributed by atoms with E-state index >= 15 is 0 Å². The molecule has 2 aliphatic heterocycles. The van der Waals surface area contributed by atoms with E-state index in [4.69, 9.17) is 9.47 Å². The number of ether oxygens (including phenoxy) is 2. The molecule has 8 nitrogen and oxygen atoms in total. The summed E-state index contributed by atoms with van der Waals surface area (Å²) >= 11 is 0. The van der Waals surface area contributed by atoms with Gasteiger partial charge in [0.25, 0.3) is 5.91 Å². The van der Waals surface area contributed by atoms with Crippen LogP contribution >= 0.6 is 0 Å². The minimum absolute atomic E-state index is 0.0525. The summed E-state index contributed by atoms with van der Waals surface area (Å²) in [5.74, 6) is 1.16. The lowest BCUT2D eigenvalue weighted by Gasteiger charge is -2.27. The highest BCUT2D eigenvalue weighted by Crippen LogP contribution is 2.39. The molecule has 1 aromatic carbocycles. The molecule has 1 saturated carbocycles. The third kappa shape index (κ3) is 3.48. The number of amides is 4. The summed E-state index contributed by atoms with van der Waals surface area (Å²) in [6.45, 7) is 0.775. The monoisotopic (exact) mass is 415 g/mol. The molecule has 2 heterocycles. The molecule has 1 spiro atoms. The Bertz CT molecular complexity index is 849. The molecule has 3 fully saturated rings. The fourth-order valence-electron chi connectivity index (χ4n) is 5.03. The van der Waals surface area contributed by atoms with Crippen molar-refractivity contribution >= 4 is 17.8 Å². The molecule has 4 amide bonds. The summed E-state index contributed by atoms with van der Waals surface area (Å²) in [6, 6.07) is 5.18. The van der Waals surface area contributed by atoms with E-state index in [1.165, 1.54) is 4.90 Å². The lowest BCUT2D eigenvalue weighted by Crippen LogP contribution is -2.44. The standard InChI is InChI=1S/C22H29N3O5/c1-29-15-7-8-16(18(14-15)30-2)17-6-5-12-24(17)19(26)9-13-25-20(27)22(23-21(25)28)10-3-4-11-22/h7-8,14,17H,3-6,9-13H2,1-2H3,(H,23,28). The molecule has 0 radical (unpaired) electrons. The average molecular weight is 415 g/mol. The second-order valence-corrected chi connectivity index (χ2v) is 8.28. The molecule has 162 valence electrons. The van der Waals surface area contributed by atoms with Gasteiger partial charge in [-0.25, -0.2) is 4.79 Å². The summed E-state index contributed by atoms with van der Waals surface area (Å²) in [5.41, 5.74) is 0.219. The van der Waals surface area contributed by atoms with Crippen LogP contribution in [0.5, 0.6) is 11.5 Å². The van der Waals surface area contributed by atoms with Crippen LogP contribution in [0.2, 0.25) is 0 Å². The van der Waals surface area contributed by atoms with Crippen LogP contribution in [0.1, 0.15) is 56.6 Å². The van der Waals surface area contributed by atoms with Gasteiger partial charge in [0.1, 0.15) is 17.0 Å². The van der Waals surface area contributed by atoms with Crippen molar-refractivity contribution in [1.82, 2.24) is 15.1 Å². The number of nitrogens with zero attached hydrogens (tertiary/aromatic N) is 2. The number of methoxy groups -OCH3 is 2. The van der Waals surface area contributed by atoms with Gasteiger partial charge in [-0.2, -0.15) is 0 Å². The number of hydrogen-bond acceptors (Lipinski definition) is 5. The van der Waals surface area contributed by atoms with E-state index in [0.29, 0.717) is 30.9 Å². The number of hydrogen-bond donors (Lipinski definition) is 1. The maximum atomic E-state index is 13.0. The molecule has 1 N–H and O–H groups in total. The summed E-state index contributed by atoms with van der Waals surface area (Å²) < 4.78 is 10.8. The number of carbonyl (C=O) groups excluding carboxylic acids is 3. The molecule has 1 atom stereocenters. The second kappa shape index (κ2) is 8.16. The van der Waals surface area contributed by atoms with Crippen LogP contribution in [0.15, 0.2) is 18.2 Å². The Labute approximate surface area is 176 Å². The maximum Gasteiger partial charge on any atom is 0.325 e. The van der Waals surface area contributed by atoms with Crippen LogP contribution in [0.3, 0.4) is 0 Å². The lowest BCUT2D eigenvalue weighted by atomic mass is 9.98. The smallest absolute Gasteiger partial charge is 0.325 e. The van der Waals surface area contributed by atoms with Gasteiger partial charge in [0.05, 0.1) is 20.3 Å². The first-order chi connectivity index (χ1) is 14.5. The third-order valence-corrected chi connectivity index (χ3v) is 6.63. The van der Waals surface area contributed by atoms with Gasteiger partial charge < -0.3 is 19.7 Å². The number of likely N-dealkylation sites (tertiary alicyclic amines) is 1. The number of carbonyl (C=O) groups is 3. The first-order valence-electron chi connectivity index (χ1n) is 10.6. The van der Waals surface area contributed by atoms with Crippen LogP contribution < -0.4 is 14.8 Å². The van der Waals surface area contributed by atoms with Crippen molar-refractivity contribution in [3.05, 3.63) is 23.8 Å². The van der Waals surface area contributed by atoms with E-state index in [0.717, 1.165) is 31.2 Å². The Morgan fingerprint density at radius 2 is 1.93 bits per heavy atom. The number of nitrogens with one attached hydrogen (secondary N) is 1. The zero-order valence-electron chi connectivity index (χ0n) is 17.6. The number of benzene rings is 1. The molecule has 30 heavy (non-hydrogen) atoms. The molecule has 0 bridgehead atoms. The highest BCUT2D eigenvalue weighted by molar-refractivity contribution is 6.07. The van der Waals surface area contributed by atoms with Crippen molar-refractivity contribution in [3.8, 4) is 11.5 Å². The average Bonchev–Trinajstić information content (AvgIpc) is 3.47. The predicted molar refractivity (Wildman–Crippen MR) is 109 cm³/mol. The molecule has 1 aromatic rings. The van der Waals surface area contributed by atoms with E-state index in [2.05, 4.69) is 5.32 Å². The Morgan fingerprint density at radius 3 is 2.63 bits per heavy atom. The Kier molecular flexibility index (Phi) is 5.58. The lowest BCUT2D eigenvalue weighted by molar-refractivity contribution is -0.134. The fourth-order valence-corrected chi connectivity index (χ4v) is 5.03. The van der Waals surface area contributed by atoms with E-state index in [1.54, 1.807) is 14.2 Å². The zero-order valence-corrected chi connectivity index (χ0v) is 17.6. The molecule has 0 aromatic heterocycles. The quantitative estimate of drug-likeness (QED) is 0.722. The largest absolute Gasteiger partial charge is 0.497 e. The number of urea groups is 1. The highest BCUT2D eigenvalue weighted by Gasteiger charge is 2.52. The Balaban J connectivity index is 1.43. The van der Waals surface area contributed by atoms with Gasteiger partial charge in [-0.3, -0.25) is 14.5 Å². The van der Waals surface area contributed by atoms with Crippen molar-refractivity contribution in [2.75, 3.05) is 27.3 Å². The van der Waals surface area contributed by atoms with E-state index < -0.39 is 5.54 Å². The van der Waals surface area contributed by atoms with Gasteiger partial charge in [0.15, 0.2) is 0 Å². The Morgan fingerprint density at radius 1 is 1.17 bits per heavy atom. The SMILES string of the molecule is COc1ccc(C2CCCN2C(=O)CCN2C(=O)NC3(CCCC3)C2=O)c(OC)c1. The highest BCUT2D eigenvalue weighted by atomic mass is 16.5. The molecular formula is C22H29N3O5. The number of rotatable bonds is 6. The molecule has 1 unspecified atom stereocenters. The topological polar surface area (TPSA) is 88.2 Å². The zero-order chi connectivity index (χ0) is 21.3. The molecule has 4 rings (SSSR count). The second-order valence-electron chi connectivity index (χ2n) is 8.28. The van der Waals surface area contributed by atoms with Crippen LogP contribution in [-0.2, 0) is 9.59 Å². The van der Waals surface area contributed by atoms with E-state index in [1.807, 2.05) is 23.1 Å². The van der Waals surface area contributed by atoms with E-state index in [9.17, 15) is 14.4 Å². The van der Waals surface area contributed by atoms with Crippen molar-refractivity contribution in [3.63, 3.8) is 0 Å². The van der Waals surface area contributed by atoms with Gasteiger partial charge in [0.2, 0.25) is 5.91 Å². The van der Waals surface area contributed by atoms with Gasteiger partial charge in [-0.1, -0.05) is 12.8 Å². The molecule has 3 aliphatic rings. The summed E-state index contributed by atoms with van der Waals surface area (Å²) in [5, 5.41) is 2.87. The van der Waals surface area contributed by atoms with Gasteiger partial charge in [-0.15, -0.1) is 0 Å². The molecule has 2 saturated heterocycles. The minimum Gasteiger partial charge on any atom is -0.497 e. The third-order valence-electron chi connectivity index (χ3n) is 6.63. The minimum atomic E-state index is -0.729. The molecular weight excluding hydrogens is 386 g/mol. The first kappa shape index (κ1) is 20.5. The van der Waals surface area contributed by atoms with Crippen LogP contribution in [0, 0.1) is 0 Å². The van der Waals surface area contributed by atoms with Crippen molar-refractivity contribution in [2.24, 2.45) is 0 Å². The van der Waals surface area contributed by atoms with Crippen molar-refractivity contribution in [1.29, 1.82) is 0 Å². The number of imide groups is 1. The first-order valence-corrected chi connectivity index (χ1v) is 10.6. The maximum absolute atomic E-state index is 13.0. The predicted octanol–water partition coefficient (Wildman–Crippen LogP) is 2.62. The van der Waals surface area contributed by atoms with Crippen LogP contribution in [0.25, 0.3) is 0 Å². The van der Waals surface area contributed by atoms with Crippen molar-refractivity contribution in [2.45, 2.75) is 56.5 Å². The summed E-state index contributed by atoms with van der Waals surface area (Å²) in [4.78, 5) is 41.2. The van der Waals surface area contributed by atoms with Crippen LogP contribution in [0.4, 0.5) is 4.79 Å². The van der Waals surface area contributed by atoms with Crippen LogP contribution in [-0.4, -0.2) is 60.5 Å². The van der Waals surface area contributed by atoms with Gasteiger partial charge >= 0.3 is 6.03 Å².